The maximum atomic E-state index is 16.6. The van der Waals surface area contributed by atoms with E-state index in [0.29, 0.717) is 50.2 Å². The van der Waals surface area contributed by atoms with Crippen LogP contribution in [0.3, 0.4) is 0 Å². The quantitative estimate of drug-likeness (QED) is 0.416. The first kappa shape index (κ1) is 27.9. The summed E-state index contributed by atoms with van der Waals surface area (Å²) in [5.74, 6) is -0.410. The average molecular weight is 570 g/mol. The minimum atomic E-state index is -0.625. The Balaban J connectivity index is 1.59. The highest BCUT2D eigenvalue weighted by Gasteiger charge is 2.33. The van der Waals surface area contributed by atoms with Gasteiger partial charge in [-0.2, -0.15) is 4.98 Å². The van der Waals surface area contributed by atoms with Gasteiger partial charge in [0.1, 0.15) is 11.3 Å². The van der Waals surface area contributed by atoms with Crippen molar-refractivity contribution in [3.05, 3.63) is 57.9 Å². The molecule has 4 N–H and O–H groups in total. The van der Waals surface area contributed by atoms with Crippen LogP contribution < -0.4 is 16.0 Å². The number of nitrogens with zero attached hydrogens (tertiary/aromatic N) is 5. The van der Waals surface area contributed by atoms with E-state index in [2.05, 4.69) is 15.3 Å². The van der Waals surface area contributed by atoms with Crippen molar-refractivity contribution in [1.82, 2.24) is 19.8 Å². The number of fused-ring (bicyclic) bond motifs is 2. The highest BCUT2D eigenvalue weighted by atomic mass is 35.5. The molecule has 212 valence electrons. The number of amides is 3. The zero-order valence-electron chi connectivity index (χ0n) is 22.5. The van der Waals surface area contributed by atoms with Gasteiger partial charge in [-0.15, -0.1) is 0 Å². The molecule has 2 heterocycles. The highest BCUT2D eigenvalue weighted by Crippen LogP contribution is 2.43. The third kappa shape index (κ3) is 5.48. The molecule has 2 aromatic carbocycles. The number of aromatic nitrogens is 2. The molecular formula is C28H33ClFN7O3. The smallest absolute Gasteiger partial charge is 0.314 e. The van der Waals surface area contributed by atoms with E-state index in [1.54, 1.807) is 25.1 Å². The summed E-state index contributed by atoms with van der Waals surface area (Å²) in [5, 5.41) is 14.4. The van der Waals surface area contributed by atoms with E-state index in [9.17, 15) is 14.7 Å². The number of nitrogens with one attached hydrogen (secondary N) is 1. The van der Waals surface area contributed by atoms with Crippen LogP contribution in [0.4, 0.5) is 21.0 Å². The number of piperazine rings is 1. The fourth-order valence-corrected chi connectivity index (χ4v) is 5.87. The molecule has 0 bridgehead atoms. The van der Waals surface area contributed by atoms with Crippen LogP contribution in [0.15, 0.2) is 30.3 Å². The molecule has 2 aliphatic rings. The Labute approximate surface area is 236 Å². The Hall–Kier alpha value is -3.70. The van der Waals surface area contributed by atoms with Gasteiger partial charge < -0.3 is 30.9 Å². The van der Waals surface area contributed by atoms with Crippen molar-refractivity contribution in [3.8, 4) is 0 Å². The van der Waals surface area contributed by atoms with Gasteiger partial charge in [-0.3, -0.25) is 4.79 Å². The topological polar surface area (TPSA) is 128 Å². The summed E-state index contributed by atoms with van der Waals surface area (Å²) in [6, 6.07) is 8.90. The van der Waals surface area contributed by atoms with Gasteiger partial charge in [0.05, 0.1) is 6.10 Å². The zero-order valence-corrected chi connectivity index (χ0v) is 23.3. The third-order valence-corrected chi connectivity index (χ3v) is 7.96. The summed E-state index contributed by atoms with van der Waals surface area (Å²) in [5.41, 5.74) is 7.74. The molecule has 0 radical (unpaired) electrons. The van der Waals surface area contributed by atoms with E-state index in [-0.39, 0.29) is 40.9 Å². The average Bonchev–Trinajstić information content (AvgIpc) is 2.93. The molecule has 0 spiro atoms. The fourth-order valence-electron chi connectivity index (χ4n) is 5.55. The number of anilines is 2. The van der Waals surface area contributed by atoms with Gasteiger partial charge in [0.15, 0.2) is 5.82 Å². The summed E-state index contributed by atoms with van der Waals surface area (Å²) < 4.78 is 16.6. The number of nitrogens with two attached hydrogens (primary N) is 1. The van der Waals surface area contributed by atoms with Crippen molar-refractivity contribution in [3.63, 3.8) is 0 Å². The molecular weight excluding hydrogens is 537 g/mol. The van der Waals surface area contributed by atoms with Crippen molar-refractivity contribution < 1.29 is 19.1 Å². The van der Waals surface area contributed by atoms with Gasteiger partial charge in [0.2, 0.25) is 11.9 Å². The van der Waals surface area contributed by atoms with E-state index < -0.39 is 23.9 Å². The van der Waals surface area contributed by atoms with Crippen LogP contribution in [0.2, 0.25) is 5.02 Å². The number of carbonyl (C=O) groups is 2. The van der Waals surface area contributed by atoms with Crippen molar-refractivity contribution in [2.24, 2.45) is 5.73 Å². The lowest BCUT2D eigenvalue weighted by Crippen LogP contribution is -2.50. The Morgan fingerprint density at radius 2 is 1.93 bits per heavy atom. The van der Waals surface area contributed by atoms with Crippen molar-refractivity contribution in [2.75, 3.05) is 57.0 Å². The maximum absolute atomic E-state index is 16.6. The number of aliphatic hydroxyl groups is 1. The summed E-state index contributed by atoms with van der Waals surface area (Å²) in [7, 11) is 3.36. The Bertz CT molecular complexity index is 1450. The predicted molar refractivity (Wildman–Crippen MR) is 152 cm³/mol. The lowest BCUT2D eigenvalue weighted by Gasteiger charge is -2.35. The number of aliphatic hydroxyl groups excluding tert-OH is 1. The molecule has 12 heteroatoms. The Morgan fingerprint density at radius 3 is 2.62 bits per heavy atom. The summed E-state index contributed by atoms with van der Waals surface area (Å²) in [6.45, 7) is 1.94. The lowest BCUT2D eigenvalue weighted by atomic mass is 9.77. The molecule has 5 rings (SSSR count). The highest BCUT2D eigenvalue weighted by molar-refractivity contribution is 6.32. The van der Waals surface area contributed by atoms with E-state index in [1.807, 2.05) is 29.2 Å². The SMILES string of the molecule is CN(C)C(=O)CCNc1nc(N2CCN(C(N)=O)CC2)c2cc(Cl)c([C@H]3CC(O)Cc4ccccc43)c(F)c2n1. The van der Waals surface area contributed by atoms with Gasteiger partial charge >= 0.3 is 6.03 Å². The molecule has 3 amide bonds. The van der Waals surface area contributed by atoms with E-state index >= 15 is 4.39 Å². The number of hydrogen-bond donors (Lipinski definition) is 3. The molecule has 40 heavy (non-hydrogen) atoms. The van der Waals surface area contributed by atoms with Gasteiger partial charge in [-0.05, 0) is 30.0 Å². The zero-order chi connectivity index (χ0) is 28.6. The molecule has 3 aromatic rings. The molecule has 1 aliphatic heterocycles. The van der Waals surface area contributed by atoms with Crippen LogP contribution >= 0.6 is 11.6 Å². The molecule has 1 unspecified atom stereocenters. The summed E-state index contributed by atoms with van der Waals surface area (Å²) >= 11 is 6.80. The lowest BCUT2D eigenvalue weighted by molar-refractivity contribution is -0.128. The number of urea groups is 1. The largest absolute Gasteiger partial charge is 0.393 e. The second kappa shape index (κ2) is 11.4. The van der Waals surface area contributed by atoms with E-state index in [1.165, 1.54) is 4.90 Å². The predicted octanol–water partition coefficient (Wildman–Crippen LogP) is 2.95. The van der Waals surface area contributed by atoms with Crippen LogP contribution in [0, 0.1) is 5.82 Å². The molecule has 1 aliphatic carbocycles. The molecule has 1 saturated heterocycles. The van der Waals surface area contributed by atoms with E-state index in [4.69, 9.17) is 17.3 Å². The minimum Gasteiger partial charge on any atom is -0.393 e. The minimum absolute atomic E-state index is 0.0640. The molecule has 0 saturated carbocycles. The standard InChI is InChI=1S/C28H33ClFN7O3/c1-35(2)22(39)7-8-32-28-33-25-20(26(34-28)36-9-11-37(12-10-36)27(31)40)15-21(29)23(24(25)30)19-14-17(38)13-16-5-3-4-6-18(16)19/h3-6,15,17,19,38H,7-14H2,1-2H3,(H2,31,40)(H,32,33,34)/t17?,19-/m0/s1. The van der Waals surface area contributed by atoms with Crippen LogP contribution in [0.1, 0.15) is 35.4 Å². The van der Waals surface area contributed by atoms with Crippen molar-refractivity contribution in [2.45, 2.75) is 31.3 Å². The number of carbonyl (C=O) groups excluding carboxylic acids is 2. The number of halogens is 2. The van der Waals surface area contributed by atoms with Crippen LogP contribution in [-0.4, -0.2) is 89.7 Å². The maximum Gasteiger partial charge on any atom is 0.314 e. The summed E-state index contributed by atoms with van der Waals surface area (Å²) in [4.78, 5) is 37.9. The molecule has 10 nitrogen and oxygen atoms in total. The summed E-state index contributed by atoms with van der Waals surface area (Å²) in [6.07, 6.45) is 0.429. The molecule has 2 atom stereocenters. The monoisotopic (exact) mass is 569 g/mol. The van der Waals surface area contributed by atoms with Gasteiger partial charge in [-0.1, -0.05) is 35.9 Å². The number of primary amides is 1. The van der Waals surface area contributed by atoms with Crippen LogP contribution in [-0.2, 0) is 11.2 Å². The first-order valence-electron chi connectivity index (χ1n) is 13.3. The van der Waals surface area contributed by atoms with Crippen LogP contribution in [0.25, 0.3) is 10.9 Å². The normalized spacial score (nSPS) is 18.9. The van der Waals surface area contributed by atoms with Gasteiger partial charge in [-0.25, -0.2) is 14.2 Å². The number of hydrogen-bond acceptors (Lipinski definition) is 7. The van der Waals surface area contributed by atoms with E-state index in [0.717, 1.165) is 11.1 Å². The fraction of sp³-hybridized carbons (Fsp3) is 0.429. The Morgan fingerprint density at radius 1 is 1.20 bits per heavy atom. The third-order valence-electron chi connectivity index (χ3n) is 7.65. The van der Waals surface area contributed by atoms with Crippen molar-refractivity contribution in [1.29, 1.82) is 0 Å². The number of rotatable bonds is 6. The first-order chi connectivity index (χ1) is 19.1. The number of benzene rings is 2. The molecule has 1 fully saturated rings. The first-order valence-corrected chi connectivity index (χ1v) is 13.7. The van der Waals surface area contributed by atoms with Crippen LogP contribution in [0.5, 0.6) is 0 Å². The van der Waals surface area contributed by atoms with Crippen molar-refractivity contribution >= 4 is 46.2 Å². The Kier molecular flexibility index (Phi) is 7.95. The molecule has 1 aromatic heterocycles. The van der Waals surface area contributed by atoms with Gasteiger partial charge in [0.25, 0.3) is 0 Å². The second-order valence-electron chi connectivity index (χ2n) is 10.5. The second-order valence-corrected chi connectivity index (χ2v) is 10.9. The van der Waals surface area contributed by atoms with Gasteiger partial charge in [0, 0.05) is 75.1 Å².